The van der Waals surface area contributed by atoms with Gasteiger partial charge in [-0.2, -0.15) is 0 Å². The van der Waals surface area contributed by atoms with Crippen LogP contribution < -0.4 is 5.30 Å². The van der Waals surface area contributed by atoms with Gasteiger partial charge in [-0.1, -0.05) is 24.3 Å². The summed E-state index contributed by atoms with van der Waals surface area (Å²) >= 11 is 0. The van der Waals surface area contributed by atoms with E-state index in [1.807, 2.05) is 24.3 Å². The van der Waals surface area contributed by atoms with Crippen LogP contribution in [0.25, 0.3) is 0 Å². The van der Waals surface area contributed by atoms with Crippen LogP contribution in [0.1, 0.15) is 11.9 Å². The molecule has 3 heteroatoms. The smallest absolute Gasteiger partial charge is 0.184 e. The van der Waals surface area contributed by atoms with Gasteiger partial charge in [0.15, 0.2) is 6.29 Å². The van der Waals surface area contributed by atoms with Gasteiger partial charge in [-0.25, -0.2) is 0 Å². The zero-order valence-corrected chi connectivity index (χ0v) is 7.85. The minimum Gasteiger partial charge on any atom is -0.346 e. The molecule has 0 radical (unpaired) electrons. The van der Waals surface area contributed by atoms with E-state index < -0.39 is 0 Å². The molecule has 2 rings (SSSR count). The zero-order chi connectivity index (χ0) is 8.39. The molecule has 0 spiro atoms. The van der Waals surface area contributed by atoms with Gasteiger partial charge >= 0.3 is 0 Å². The fourth-order valence-corrected chi connectivity index (χ4v) is 1.61. The third-order valence-electron chi connectivity index (χ3n) is 1.87. The Morgan fingerprint density at radius 3 is 2.50 bits per heavy atom. The summed E-state index contributed by atoms with van der Waals surface area (Å²) in [7, 11) is 2.68. The van der Waals surface area contributed by atoms with Gasteiger partial charge in [-0.05, 0) is 5.30 Å². The van der Waals surface area contributed by atoms with Crippen molar-refractivity contribution in [3.05, 3.63) is 29.8 Å². The highest BCUT2D eigenvalue weighted by Crippen LogP contribution is 2.22. The average Bonchev–Trinajstić information content (AvgIpc) is 2.57. The van der Waals surface area contributed by atoms with Crippen molar-refractivity contribution in [3.63, 3.8) is 0 Å². The predicted octanol–water partition coefficient (Wildman–Crippen LogP) is 1.23. The molecule has 1 atom stereocenters. The average molecular weight is 182 g/mol. The van der Waals surface area contributed by atoms with Crippen molar-refractivity contribution in [1.82, 2.24) is 0 Å². The molecule has 1 aliphatic heterocycles. The molecule has 0 saturated carbocycles. The highest BCUT2D eigenvalue weighted by Gasteiger charge is 2.19. The fourth-order valence-electron chi connectivity index (χ4n) is 1.26. The van der Waals surface area contributed by atoms with Crippen molar-refractivity contribution in [2.75, 3.05) is 13.2 Å². The van der Waals surface area contributed by atoms with Gasteiger partial charge in [-0.15, -0.1) is 9.24 Å². The number of rotatable bonds is 1. The summed E-state index contributed by atoms with van der Waals surface area (Å²) in [5.41, 5.74) is 1.11. The van der Waals surface area contributed by atoms with E-state index in [9.17, 15) is 0 Å². The van der Waals surface area contributed by atoms with Crippen LogP contribution in [0, 0.1) is 0 Å². The maximum atomic E-state index is 5.38. The molecule has 1 aromatic carbocycles. The molecule has 64 valence electrons. The first-order chi connectivity index (χ1) is 5.88. The second kappa shape index (κ2) is 3.53. The lowest BCUT2D eigenvalue weighted by Gasteiger charge is -2.11. The SMILES string of the molecule is Pc1ccccc1C1OCCO1. The van der Waals surface area contributed by atoms with Crippen LogP contribution in [0.5, 0.6) is 0 Å². The Balaban J connectivity index is 2.26. The second-order valence-electron chi connectivity index (χ2n) is 2.70. The quantitative estimate of drug-likeness (QED) is 0.608. The van der Waals surface area contributed by atoms with E-state index in [1.54, 1.807) is 0 Å². The van der Waals surface area contributed by atoms with Crippen LogP contribution >= 0.6 is 9.24 Å². The summed E-state index contributed by atoms with van der Waals surface area (Å²) in [6.45, 7) is 1.40. The molecule has 12 heavy (non-hydrogen) atoms. The Morgan fingerprint density at radius 2 is 1.83 bits per heavy atom. The van der Waals surface area contributed by atoms with E-state index >= 15 is 0 Å². The van der Waals surface area contributed by atoms with Gasteiger partial charge in [0.05, 0.1) is 13.2 Å². The van der Waals surface area contributed by atoms with E-state index in [0.29, 0.717) is 13.2 Å². The zero-order valence-electron chi connectivity index (χ0n) is 6.69. The summed E-state index contributed by atoms with van der Waals surface area (Å²) in [6, 6.07) is 8.05. The Labute approximate surface area is 74.1 Å². The molecule has 1 heterocycles. The van der Waals surface area contributed by atoms with Crippen molar-refractivity contribution in [3.8, 4) is 0 Å². The molecule has 0 aliphatic carbocycles. The summed E-state index contributed by atoms with van der Waals surface area (Å²) < 4.78 is 10.8. The topological polar surface area (TPSA) is 18.5 Å². The predicted molar refractivity (Wildman–Crippen MR) is 50.4 cm³/mol. The normalized spacial score (nSPS) is 18.4. The fraction of sp³-hybridized carbons (Fsp3) is 0.333. The van der Waals surface area contributed by atoms with Crippen LogP contribution in [-0.2, 0) is 9.47 Å². The van der Waals surface area contributed by atoms with Gasteiger partial charge in [0.1, 0.15) is 0 Å². The first-order valence-corrected chi connectivity index (χ1v) is 4.53. The maximum absolute atomic E-state index is 5.38. The highest BCUT2D eigenvalue weighted by molar-refractivity contribution is 7.27. The summed E-state index contributed by atoms with van der Waals surface area (Å²) in [4.78, 5) is 0. The minimum absolute atomic E-state index is 0.154. The molecule has 1 fully saturated rings. The van der Waals surface area contributed by atoms with Crippen LogP contribution in [0.3, 0.4) is 0 Å². The second-order valence-corrected chi connectivity index (χ2v) is 3.32. The highest BCUT2D eigenvalue weighted by atomic mass is 31.0. The number of hydrogen-bond donors (Lipinski definition) is 0. The molecular formula is C9H11O2P. The summed E-state index contributed by atoms with van der Waals surface area (Å²) in [5, 5.41) is 1.14. The van der Waals surface area contributed by atoms with E-state index in [2.05, 4.69) is 9.24 Å². The van der Waals surface area contributed by atoms with Crippen LogP contribution in [0.4, 0.5) is 0 Å². The van der Waals surface area contributed by atoms with Crippen molar-refractivity contribution in [2.45, 2.75) is 6.29 Å². The lowest BCUT2D eigenvalue weighted by atomic mass is 10.2. The van der Waals surface area contributed by atoms with Crippen molar-refractivity contribution in [1.29, 1.82) is 0 Å². The Kier molecular flexibility index (Phi) is 2.40. The summed E-state index contributed by atoms with van der Waals surface area (Å²) in [5.74, 6) is 0. The molecule has 1 saturated heterocycles. The maximum Gasteiger partial charge on any atom is 0.184 e. The third-order valence-corrected chi connectivity index (χ3v) is 2.40. The Bertz CT molecular complexity index is 269. The molecule has 1 aliphatic rings. The Morgan fingerprint density at radius 1 is 1.17 bits per heavy atom. The van der Waals surface area contributed by atoms with Crippen LogP contribution in [-0.4, -0.2) is 13.2 Å². The molecule has 0 amide bonds. The van der Waals surface area contributed by atoms with Gasteiger partial charge in [0.25, 0.3) is 0 Å². The monoisotopic (exact) mass is 182 g/mol. The van der Waals surface area contributed by atoms with Crippen molar-refractivity contribution < 1.29 is 9.47 Å². The Hall–Kier alpha value is -0.430. The molecule has 0 bridgehead atoms. The number of hydrogen-bond acceptors (Lipinski definition) is 2. The van der Waals surface area contributed by atoms with Crippen LogP contribution in [0.15, 0.2) is 24.3 Å². The van der Waals surface area contributed by atoms with E-state index in [4.69, 9.17) is 9.47 Å². The van der Waals surface area contributed by atoms with Crippen molar-refractivity contribution >= 4 is 14.5 Å². The molecule has 2 nitrogen and oxygen atoms in total. The van der Waals surface area contributed by atoms with Crippen LogP contribution in [0.2, 0.25) is 0 Å². The summed E-state index contributed by atoms with van der Waals surface area (Å²) in [6.07, 6.45) is -0.154. The molecule has 0 N–H and O–H groups in total. The molecule has 1 unspecified atom stereocenters. The van der Waals surface area contributed by atoms with Gasteiger partial charge < -0.3 is 9.47 Å². The first-order valence-electron chi connectivity index (χ1n) is 3.95. The standard InChI is InChI=1S/C9H11O2P/c12-8-4-2-1-3-7(8)9-10-5-6-11-9/h1-4,9H,5-6,12H2. The molecule has 1 aromatic rings. The minimum atomic E-state index is -0.154. The van der Waals surface area contributed by atoms with Gasteiger partial charge in [-0.3, -0.25) is 0 Å². The van der Waals surface area contributed by atoms with Gasteiger partial charge in [0, 0.05) is 5.56 Å². The first kappa shape index (κ1) is 8.18. The number of benzene rings is 1. The van der Waals surface area contributed by atoms with Crippen molar-refractivity contribution in [2.24, 2.45) is 0 Å². The molecule has 0 aromatic heterocycles. The number of ether oxygens (including phenoxy) is 2. The lowest BCUT2D eigenvalue weighted by Crippen LogP contribution is -2.07. The van der Waals surface area contributed by atoms with E-state index in [1.165, 1.54) is 0 Å². The van der Waals surface area contributed by atoms with E-state index in [-0.39, 0.29) is 6.29 Å². The van der Waals surface area contributed by atoms with E-state index in [0.717, 1.165) is 10.9 Å². The third kappa shape index (κ3) is 1.51. The molecular weight excluding hydrogens is 171 g/mol. The van der Waals surface area contributed by atoms with Gasteiger partial charge in [0.2, 0.25) is 0 Å². The lowest BCUT2D eigenvalue weighted by molar-refractivity contribution is -0.0433. The largest absolute Gasteiger partial charge is 0.346 e.